The summed E-state index contributed by atoms with van der Waals surface area (Å²) in [6.45, 7) is 5.48. The number of nitrogens with one attached hydrogen (secondary N) is 2. The van der Waals surface area contributed by atoms with Gasteiger partial charge in [-0.25, -0.2) is 8.78 Å². The molecule has 0 radical (unpaired) electrons. The quantitative estimate of drug-likeness (QED) is 0.325. The van der Waals surface area contributed by atoms with Crippen molar-refractivity contribution in [2.24, 2.45) is 5.92 Å². The van der Waals surface area contributed by atoms with Gasteiger partial charge in [-0.15, -0.1) is 0 Å². The summed E-state index contributed by atoms with van der Waals surface area (Å²) in [4.78, 5) is 19.6. The van der Waals surface area contributed by atoms with Gasteiger partial charge >= 0.3 is 0 Å². The number of piperidine rings is 1. The van der Waals surface area contributed by atoms with Gasteiger partial charge in [0, 0.05) is 82.7 Å². The number of carbonyl (C=O) groups is 1. The first-order chi connectivity index (χ1) is 16.7. The largest absolute Gasteiger partial charge is 0.399 e. The molecule has 0 aromatic heterocycles. The van der Waals surface area contributed by atoms with Crippen molar-refractivity contribution in [2.75, 3.05) is 58.6 Å². The van der Waals surface area contributed by atoms with Crippen molar-refractivity contribution in [1.29, 1.82) is 5.41 Å². The van der Waals surface area contributed by atoms with E-state index in [1.54, 1.807) is 12.1 Å². The van der Waals surface area contributed by atoms with Gasteiger partial charge in [-0.3, -0.25) is 10.2 Å². The standard InChI is InChI=1S/C26H38F2N6O/c1-18-3-8-22(31-2)23(18)24(30)33-13-15-34(16-14-33)25(35)21(19-4-6-20(29)7-5-19)17-32-11-9-26(27,28)10-12-32/h4-7,18,21,30-31H,3,8-17,29H2,1-2H3/t18-,21?/m1/s1. The van der Waals surface area contributed by atoms with Gasteiger partial charge in [0.25, 0.3) is 5.92 Å². The number of nitrogen functional groups attached to an aromatic ring is 1. The maximum absolute atomic E-state index is 13.7. The van der Waals surface area contributed by atoms with Crippen LogP contribution in [0.25, 0.3) is 0 Å². The number of hydrogen-bond acceptors (Lipinski definition) is 5. The zero-order chi connectivity index (χ0) is 25.2. The number of carbonyl (C=O) groups excluding carboxylic acids is 1. The third kappa shape index (κ3) is 5.77. The highest BCUT2D eigenvalue weighted by atomic mass is 19.3. The minimum absolute atomic E-state index is 0.0163. The number of nitrogens with two attached hydrogens (primary N) is 1. The molecule has 4 N–H and O–H groups in total. The van der Waals surface area contributed by atoms with Crippen LogP contribution in [0, 0.1) is 11.3 Å². The fourth-order valence-corrected chi connectivity index (χ4v) is 5.49. The Morgan fingerprint density at radius 1 is 1.11 bits per heavy atom. The molecule has 0 bridgehead atoms. The Bertz CT molecular complexity index is 945. The Kier molecular flexibility index (Phi) is 7.64. The monoisotopic (exact) mass is 488 g/mol. The lowest BCUT2D eigenvalue weighted by Gasteiger charge is -2.40. The van der Waals surface area contributed by atoms with Crippen LogP contribution in [0.4, 0.5) is 14.5 Å². The van der Waals surface area contributed by atoms with E-state index in [2.05, 4.69) is 17.1 Å². The molecule has 0 saturated carbocycles. The van der Waals surface area contributed by atoms with Crippen molar-refractivity contribution in [2.45, 2.75) is 44.4 Å². The van der Waals surface area contributed by atoms with E-state index in [0.29, 0.717) is 50.2 Å². The number of halogens is 2. The molecule has 7 nitrogen and oxygen atoms in total. The highest BCUT2D eigenvalue weighted by molar-refractivity contribution is 5.97. The first-order valence-electron chi connectivity index (χ1n) is 12.7. The van der Waals surface area contributed by atoms with Gasteiger partial charge in [0.1, 0.15) is 5.84 Å². The Morgan fingerprint density at radius 3 is 2.31 bits per heavy atom. The summed E-state index contributed by atoms with van der Waals surface area (Å²) in [7, 11) is 1.91. The van der Waals surface area contributed by atoms with Crippen LogP contribution >= 0.6 is 0 Å². The fourth-order valence-electron chi connectivity index (χ4n) is 5.49. The molecule has 2 atom stereocenters. The Labute approximate surface area is 206 Å². The number of amidine groups is 1. The number of allylic oxidation sites excluding steroid dienone is 1. The van der Waals surface area contributed by atoms with Gasteiger partial charge in [0.2, 0.25) is 5.91 Å². The van der Waals surface area contributed by atoms with E-state index in [9.17, 15) is 13.6 Å². The molecule has 2 aliphatic heterocycles. The Balaban J connectivity index is 1.43. The normalized spacial score (nSPS) is 23.9. The number of alkyl halides is 2. The molecule has 1 unspecified atom stereocenters. The zero-order valence-corrected chi connectivity index (χ0v) is 20.8. The van der Waals surface area contributed by atoms with Gasteiger partial charge in [-0.05, 0) is 36.5 Å². The predicted octanol–water partition coefficient (Wildman–Crippen LogP) is 3.11. The fraction of sp³-hybridized carbons (Fsp3) is 0.615. The predicted molar refractivity (Wildman–Crippen MR) is 135 cm³/mol. The number of benzene rings is 1. The summed E-state index contributed by atoms with van der Waals surface area (Å²) < 4.78 is 27.3. The van der Waals surface area contributed by atoms with Gasteiger partial charge < -0.3 is 25.8 Å². The van der Waals surface area contributed by atoms with E-state index in [4.69, 9.17) is 11.1 Å². The van der Waals surface area contributed by atoms with Gasteiger partial charge in [0.05, 0.1) is 5.92 Å². The van der Waals surface area contributed by atoms with Crippen LogP contribution in [0.15, 0.2) is 35.5 Å². The molecule has 1 amide bonds. The van der Waals surface area contributed by atoms with Crippen molar-refractivity contribution in [3.05, 3.63) is 41.1 Å². The number of nitrogens with zero attached hydrogens (tertiary/aromatic N) is 3. The summed E-state index contributed by atoms with van der Waals surface area (Å²) in [6, 6.07) is 7.31. The third-order valence-corrected chi connectivity index (χ3v) is 7.78. The molecule has 9 heteroatoms. The molecule has 1 aromatic carbocycles. The second-order valence-corrected chi connectivity index (χ2v) is 10.1. The molecule has 192 valence electrons. The molecule has 2 heterocycles. The van der Waals surface area contributed by atoms with Gasteiger partial charge in [-0.1, -0.05) is 19.1 Å². The highest BCUT2D eigenvalue weighted by Gasteiger charge is 2.37. The minimum atomic E-state index is -2.61. The van der Waals surface area contributed by atoms with E-state index in [1.807, 2.05) is 29.0 Å². The van der Waals surface area contributed by atoms with Gasteiger partial charge in [-0.2, -0.15) is 0 Å². The number of piperazine rings is 1. The first-order valence-corrected chi connectivity index (χ1v) is 12.7. The second-order valence-electron chi connectivity index (χ2n) is 10.1. The van der Waals surface area contributed by atoms with Crippen molar-refractivity contribution in [1.82, 2.24) is 20.0 Å². The van der Waals surface area contributed by atoms with E-state index < -0.39 is 11.8 Å². The average molecular weight is 489 g/mol. The minimum Gasteiger partial charge on any atom is -0.399 e. The van der Waals surface area contributed by atoms with E-state index >= 15 is 0 Å². The summed E-state index contributed by atoms with van der Waals surface area (Å²) >= 11 is 0. The molecular formula is C26H38F2N6O. The number of likely N-dealkylation sites (tertiary alicyclic amines) is 1. The first kappa shape index (κ1) is 25.4. The number of hydrogen-bond donors (Lipinski definition) is 3. The molecule has 2 saturated heterocycles. The second kappa shape index (κ2) is 10.5. The van der Waals surface area contributed by atoms with E-state index in [-0.39, 0.29) is 31.8 Å². The maximum atomic E-state index is 13.7. The molecule has 2 fully saturated rings. The summed E-state index contributed by atoms with van der Waals surface area (Å²) in [5, 5.41) is 12.1. The molecule has 4 rings (SSSR count). The molecular weight excluding hydrogens is 450 g/mol. The molecule has 1 aliphatic carbocycles. The lowest BCUT2D eigenvalue weighted by molar-refractivity contribution is -0.135. The molecule has 35 heavy (non-hydrogen) atoms. The van der Waals surface area contributed by atoms with Crippen molar-refractivity contribution in [3.8, 4) is 0 Å². The summed E-state index contributed by atoms with van der Waals surface area (Å²) in [6.07, 6.45) is 1.69. The SMILES string of the molecule is CNC1=C(C(=N)N2CCN(C(=O)C(CN3CCC(F)(F)CC3)c3ccc(N)cc3)CC2)[C@H](C)CC1. The molecule has 3 aliphatic rings. The zero-order valence-electron chi connectivity index (χ0n) is 20.8. The van der Waals surface area contributed by atoms with E-state index in [0.717, 1.165) is 29.7 Å². The van der Waals surface area contributed by atoms with Crippen LogP contribution in [-0.4, -0.2) is 85.2 Å². The van der Waals surface area contributed by atoms with Crippen molar-refractivity contribution >= 4 is 17.4 Å². The van der Waals surface area contributed by atoms with E-state index in [1.165, 1.54) is 0 Å². The summed E-state index contributed by atoms with van der Waals surface area (Å²) in [5.41, 5.74) is 9.59. The molecule has 1 aromatic rings. The summed E-state index contributed by atoms with van der Waals surface area (Å²) in [5.74, 6) is -2.10. The Hall–Kier alpha value is -2.68. The smallest absolute Gasteiger partial charge is 0.250 e. The van der Waals surface area contributed by atoms with Crippen LogP contribution in [0.2, 0.25) is 0 Å². The van der Waals surface area contributed by atoms with Crippen LogP contribution in [0.3, 0.4) is 0 Å². The topological polar surface area (TPSA) is 88.7 Å². The lowest BCUT2D eigenvalue weighted by atomic mass is 9.94. The molecule has 0 spiro atoms. The van der Waals surface area contributed by atoms with Gasteiger partial charge in [0.15, 0.2) is 0 Å². The van der Waals surface area contributed by atoms with Crippen LogP contribution in [0.5, 0.6) is 0 Å². The third-order valence-electron chi connectivity index (χ3n) is 7.78. The van der Waals surface area contributed by atoms with Crippen molar-refractivity contribution in [3.63, 3.8) is 0 Å². The van der Waals surface area contributed by atoms with Crippen molar-refractivity contribution < 1.29 is 13.6 Å². The Morgan fingerprint density at radius 2 is 1.71 bits per heavy atom. The highest BCUT2D eigenvalue weighted by Crippen LogP contribution is 2.33. The maximum Gasteiger partial charge on any atom is 0.250 e. The average Bonchev–Trinajstić information content (AvgIpc) is 3.23. The lowest BCUT2D eigenvalue weighted by Crippen LogP contribution is -2.53. The number of rotatable bonds is 6. The number of amides is 1. The van der Waals surface area contributed by atoms with Crippen LogP contribution in [-0.2, 0) is 4.79 Å². The van der Waals surface area contributed by atoms with Crippen LogP contribution < -0.4 is 11.1 Å². The van der Waals surface area contributed by atoms with Crippen LogP contribution in [0.1, 0.15) is 44.1 Å². The number of anilines is 1.